The molecule has 0 spiro atoms. The number of amides is 1. The summed E-state index contributed by atoms with van der Waals surface area (Å²) in [5, 5.41) is 0. The van der Waals surface area contributed by atoms with Crippen LogP contribution >= 0.6 is 0 Å². The largest absolute Gasteiger partial charge is 0.378 e. The van der Waals surface area contributed by atoms with Crippen LogP contribution in [0.25, 0.3) is 0 Å². The highest BCUT2D eigenvalue weighted by Crippen LogP contribution is 2.33. The van der Waals surface area contributed by atoms with E-state index in [1.165, 1.54) is 6.07 Å². The number of rotatable bonds is 2. The lowest BCUT2D eigenvalue weighted by atomic mass is 10.1. The van der Waals surface area contributed by atoms with Crippen molar-refractivity contribution in [1.29, 1.82) is 0 Å². The second-order valence-corrected chi connectivity index (χ2v) is 6.25. The Labute approximate surface area is 144 Å². The Morgan fingerprint density at radius 2 is 1.76 bits per heavy atom. The predicted octanol–water partition coefficient (Wildman–Crippen LogP) is 3.00. The van der Waals surface area contributed by atoms with Gasteiger partial charge in [-0.05, 0) is 48.4 Å². The summed E-state index contributed by atoms with van der Waals surface area (Å²) in [6.07, 6.45) is 0.753. The smallest absolute Gasteiger partial charge is 0.258 e. The number of carbonyl (C=O) groups is 1. The Morgan fingerprint density at radius 3 is 2.52 bits per heavy atom. The normalized spacial score (nSPS) is 16.9. The van der Waals surface area contributed by atoms with Crippen LogP contribution in [0.1, 0.15) is 15.9 Å². The lowest BCUT2D eigenvalue weighted by molar-refractivity contribution is 0.0989. The minimum absolute atomic E-state index is 0.156. The van der Waals surface area contributed by atoms with Crippen LogP contribution < -0.4 is 9.80 Å². The summed E-state index contributed by atoms with van der Waals surface area (Å²) in [4.78, 5) is 16.6. The molecule has 4 nitrogen and oxygen atoms in total. The number of anilines is 2. The Morgan fingerprint density at radius 1 is 0.960 bits per heavy atom. The zero-order valence-corrected chi connectivity index (χ0v) is 13.7. The number of hydrogen-bond acceptors (Lipinski definition) is 3. The van der Waals surface area contributed by atoms with Crippen molar-refractivity contribution in [2.75, 3.05) is 42.6 Å². The maximum atomic E-state index is 13.4. The molecule has 1 amide bonds. The molecule has 0 aliphatic carbocycles. The summed E-state index contributed by atoms with van der Waals surface area (Å²) in [6.45, 7) is 3.70. The van der Waals surface area contributed by atoms with Gasteiger partial charge in [0.15, 0.2) is 11.6 Å². The van der Waals surface area contributed by atoms with Crippen molar-refractivity contribution >= 4 is 17.3 Å². The zero-order chi connectivity index (χ0) is 17.4. The molecule has 130 valence electrons. The molecule has 0 saturated carbocycles. The Kier molecular flexibility index (Phi) is 4.13. The molecule has 0 radical (unpaired) electrons. The topological polar surface area (TPSA) is 32.8 Å². The molecule has 0 unspecified atom stereocenters. The first-order chi connectivity index (χ1) is 12.1. The summed E-state index contributed by atoms with van der Waals surface area (Å²) in [6, 6.07) is 9.31. The number of benzene rings is 2. The average molecular weight is 344 g/mol. The van der Waals surface area contributed by atoms with Gasteiger partial charge in [0, 0.05) is 36.6 Å². The standard InChI is InChI=1S/C19H18F2N2O2/c20-16-3-1-14(12-17(16)21)19(24)23-6-5-13-11-15(2-4-18(13)23)22-7-9-25-10-8-22/h1-4,11-12H,5-10H2. The number of hydrogen-bond donors (Lipinski definition) is 0. The van der Waals surface area contributed by atoms with Crippen LogP contribution in [0.5, 0.6) is 0 Å². The van der Waals surface area contributed by atoms with Crippen LogP contribution in [-0.4, -0.2) is 38.8 Å². The molecule has 25 heavy (non-hydrogen) atoms. The van der Waals surface area contributed by atoms with E-state index >= 15 is 0 Å². The summed E-state index contributed by atoms with van der Waals surface area (Å²) in [5.41, 5.74) is 3.22. The molecule has 2 aromatic rings. The van der Waals surface area contributed by atoms with E-state index < -0.39 is 11.6 Å². The van der Waals surface area contributed by atoms with Gasteiger partial charge < -0.3 is 14.5 Å². The van der Waals surface area contributed by atoms with Crippen molar-refractivity contribution in [2.24, 2.45) is 0 Å². The first-order valence-electron chi connectivity index (χ1n) is 8.36. The van der Waals surface area contributed by atoms with Crippen LogP contribution in [0.15, 0.2) is 36.4 Å². The lowest BCUT2D eigenvalue weighted by Crippen LogP contribution is -2.36. The zero-order valence-electron chi connectivity index (χ0n) is 13.7. The quantitative estimate of drug-likeness (QED) is 0.840. The van der Waals surface area contributed by atoms with Gasteiger partial charge in [-0.3, -0.25) is 4.79 Å². The van der Waals surface area contributed by atoms with Crippen molar-refractivity contribution in [3.8, 4) is 0 Å². The maximum absolute atomic E-state index is 13.4. The van der Waals surface area contributed by atoms with E-state index in [1.807, 2.05) is 12.1 Å². The van der Waals surface area contributed by atoms with Crippen LogP contribution in [0, 0.1) is 11.6 Å². The molecule has 1 fully saturated rings. The van der Waals surface area contributed by atoms with Gasteiger partial charge in [0.25, 0.3) is 5.91 Å². The molecule has 0 aromatic heterocycles. The van der Waals surface area contributed by atoms with Crippen LogP contribution in [-0.2, 0) is 11.2 Å². The van der Waals surface area contributed by atoms with Gasteiger partial charge in [0.05, 0.1) is 13.2 Å². The molecule has 4 rings (SSSR count). The van der Waals surface area contributed by atoms with Crippen molar-refractivity contribution < 1.29 is 18.3 Å². The van der Waals surface area contributed by atoms with E-state index in [2.05, 4.69) is 11.0 Å². The predicted molar refractivity (Wildman–Crippen MR) is 91.2 cm³/mol. The van der Waals surface area contributed by atoms with Gasteiger partial charge in [-0.15, -0.1) is 0 Å². The molecular formula is C19H18F2N2O2. The van der Waals surface area contributed by atoms with Gasteiger partial charge in [-0.1, -0.05) is 0 Å². The van der Waals surface area contributed by atoms with Gasteiger partial charge in [-0.25, -0.2) is 8.78 Å². The molecule has 2 aliphatic rings. The van der Waals surface area contributed by atoms with Crippen molar-refractivity contribution in [2.45, 2.75) is 6.42 Å². The molecular weight excluding hydrogens is 326 g/mol. The fourth-order valence-electron chi connectivity index (χ4n) is 3.40. The number of fused-ring (bicyclic) bond motifs is 1. The van der Waals surface area contributed by atoms with Gasteiger partial charge in [0.1, 0.15) is 0 Å². The number of carbonyl (C=O) groups excluding carboxylic acids is 1. The van der Waals surface area contributed by atoms with E-state index in [0.29, 0.717) is 6.54 Å². The Balaban J connectivity index is 1.58. The maximum Gasteiger partial charge on any atom is 0.258 e. The van der Waals surface area contributed by atoms with E-state index in [9.17, 15) is 13.6 Å². The third-order valence-electron chi connectivity index (χ3n) is 4.75. The molecule has 0 atom stereocenters. The van der Waals surface area contributed by atoms with Gasteiger partial charge in [-0.2, -0.15) is 0 Å². The Bertz CT molecular complexity index is 819. The molecule has 0 N–H and O–H groups in total. The first kappa shape index (κ1) is 16.0. The van der Waals surface area contributed by atoms with E-state index in [1.54, 1.807) is 4.90 Å². The molecule has 6 heteroatoms. The van der Waals surface area contributed by atoms with Crippen molar-refractivity contribution in [3.63, 3.8) is 0 Å². The minimum Gasteiger partial charge on any atom is -0.378 e. The minimum atomic E-state index is -1.01. The SMILES string of the molecule is O=C(c1ccc(F)c(F)c1)N1CCc2cc(N3CCOCC3)ccc21. The van der Waals surface area contributed by atoms with Crippen molar-refractivity contribution in [1.82, 2.24) is 0 Å². The Hall–Kier alpha value is -2.47. The second-order valence-electron chi connectivity index (χ2n) is 6.25. The van der Waals surface area contributed by atoms with E-state index in [-0.39, 0.29) is 11.5 Å². The van der Waals surface area contributed by atoms with Crippen LogP contribution in [0.2, 0.25) is 0 Å². The third-order valence-corrected chi connectivity index (χ3v) is 4.75. The fraction of sp³-hybridized carbons (Fsp3) is 0.316. The van der Waals surface area contributed by atoms with E-state index in [0.717, 1.165) is 61.8 Å². The highest BCUT2D eigenvalue weighted by molar-refractivity contribution is 6.07. The van der Waals surface area contributed by atoms with E-state index in [4.69, 9.17) is 4.74 Å². The average Bonchev–Trinajstić information content (AvgIpc) is 3.07. The number of halogens is 2. The highest BCUT2D eigenvalue weighted by atomic mass is 19.2. The van der Waals surface area contributed by atoms with Gasteiger partial charge in [0.2, 0.25) is 0 Å². The second kappa shape index (κ2) is 6.44. The molecule has 2 aromatic carbocycles. The first-order valence-corrected chi connectivity index (χ1v) is 8.36. The fourth-order valence-corrected chi connectivity index (χ4v) is 3.40. The highest BCUT2D eigenvalue weighted by Gasteiger charge is 2.27. The van der Waals surface area contributed by atoms with Gasteiger partial charge >= 0.3 is 0 Å². The summed E-state index contributed by atoms with van der Waals surface area (Å²) < 4.78 is 31.9. The summed E-state index contributed by atoms with van der Waals surface area (Å²) in [5.74, 6) is -2.27. The molecule has 1 saturated heterocycles. The summed E-state index contributed by atoms with van der Waals surface area (Å²) >= 11 is 0. The lowest BCUT2D eigenvalue weighted by Gasteiger charge is -2.29. The number of morpholine rings is 1. The van der Waals surface area contributed by atoms with Crippen LogP contribution in [0.3, 0.4) is 0 Å². The number of ether oxygens (including phenoxy) is 1. The third kappa shape index (κ3) is 2.98. The molecule has 2 heterocycles. The summed E-state index contributed by atoms with van der Waals surface area (Å²) in [7, 11) is 0. The number of nitrogens with zero attached hydrogens (tertiary/aromatic N) is 2. The van der Waals surface area contributed by atoms with Crippen molar-refractivity contribution in [3.05, 3.63) is 59.2 Å². The molecule has 2 aliphatic heterocycles. The van der Waals surface area contributed by atoms with Crippen LogP contribution in [0.4, 0.5) is 20.2 Å². The monoisotopic (exact) mass is 344 g/mol. The molecule has 0 bridgehead atoms.